The van der Waals surface area contributed by atoms with Gasteiger partial charge in [0.25, 0.3) is 0 Å². The topological polar surface area (TPSA) is 85.9 Å². The zero-order chi connectivity index (χ0) is 16.4. The van der Waals surface area contributed by atoms with E-state index in [1.54, 1.807) is 18.5 Å². The van der Waals surface area contributed by atoms with E-state index in [0.717, 1.165) is 16.5 Å². The summed E-state index contributed by atoms with van der Waals surface area (Å²) in [5.74, 6) is 0. The van der Waals surface area contributed by atoms with Crippen LogP contribution < -0.4 is 5.32 Å². The molecule has 118 valence electrons. The van der Waals surface area contributed by atoms with Crippen LogP contribution in [0.1, 0.15) is 17.1 Å². The van der Waals surface area contributed by atoms with Crippen molar-refractivity contribution < 1.29 is 4.92 Å². The summed E-state index contributed by atoms with van der Waals surface area (Å²) >= 11 is 1.49. The molecule has 0 unspecified atom stereocenters. The summed E-state index contributed by atoms with van der Waals surface area (Å²) in [5, 5.41) is 21.2. The van der Waals surface area contributed by atoms with Gasteiger partial charge in [-0.25, -0.2) is 4.98 Å². The summed E-state index contributed by atoms with van der Waals surface area (Å²) in [5.41, 5.74) is 2.82. The zero-order valence-electron chi connectivity index (χ0n) is 12.7. The quantitative estimate of drug-likeness (QED) is 0.570. The van der Waals surface area contributed by atoms with Gasteiger partial charge >= 0.3 is 5.69 Å². The highest BCUT2D eigenvalue weighted by molar-refractivity contribution is 7.13. The van der Waals surface area contributed by atoms with Crippen molar-refractivity contribution in [3.63, 3.8) is 0 Å². The van der Waals surface area contributed by atoms with Crippen LogP contribution in [0.15, 0.2) is 35.7 Å². The number of nitrogens with one attached hydrogen (secondary N) is 1. The van der Waals surface area contributed by atoms with E-state index in [9.17, 15) is 10.1 Å². The second-order valence-corrected chi connectivity index (χ2v) is 5.93. The highest BCUT2D eigenvalue weighted by atomic mass is 32.1. The first-order chi connectivity index (χ1) is 11.0. The molecule has 0 saturated carbocycles. The molecular formula is C15H15N5O2S. The maximum atomic E-state index is 11.0. The number of benzene rings is 1. The molecule has 2 aromatic heterocycles. The highest BCUT2D eigenvalue weighted by Crippen LogP contribution is 2.24. The number of para-hydroxylation sites is 1. The van der Waals surface area contributed by atoms with Crippen molar-refractivity contribution in [1.29, 1.82) is 0 Å². The van der Waals surface area contributed by atoms with Crippen LogP contribution in [0.25, 0.3) is 0 Å². The number of aromatic nitrogens is 3. The fourth-order valence-electron chi connectivity index (χ4n) is 2.34. The van der Waals surface area contributed by atoms with Gasteiger partial charge in [0, 0.05) is 11.1 Å². The third-order valence-corrected chi connectivity index (χ3v) is 4.22. The Balaban J connectivity index is 1.77. The van der Waals surface area contributed by atoms with E-state index in [1.807, 2.05) is 35.7 Å². The SMILES string of the molecule is Cc1nn(Cc2csc(Nc3ccccc3)n2)c(C)c1[N+](=O)[O-]. The number of thiazole rings is 1. The highest BCUT2D eigenvalue weighted by Gasteiger charge is 2.22. The van der Waals surface area contributed by atoms with Gasteiger partial charge in [0.05, 0.1) is 17.2 Å². The molecular weight excluding hydrogens is 314 g/mol. The molecule has 0 bridgehead atoms. The van der Waals surface area contributed by atoms with Gasteiger partial charge in [0.2, 0.25) is 0 Å². The molecule has 0 saturated heterocycles. The number of nitro groups is 1. The Morgan fingerprint density at radius 2 is 2.04 bits per heavy atom. The van der Waals surface area contributed by atoms with E-state index in [-0.39, 0.29) is 5.69 Å². The predicted octanol–water partition coefficient (Wildman–Crippen LogP) is 3.66. The van der Waals surface area contributed by atoms with Crippen LogP contribution in [-0.2, 0) is 6.54 Å². The minimum atomic E-state index is -0.391. The van der Waals surface area contributed by atoms with Gasteiger partial charge in [-0.3, -0.25) is 14.8 Å². The monoisotopic (exact) mass is 329 g/mol. The lowest BCUT2D eigenvalue weighted by atomic mass is 10.3. The van der Waals surface area contributed by atoms with Crippen LogP contribution in [0.2, 0.25) is 0 Å². The molecule has 0 radical (unpaired) electrons. The van der Waals surface area contributed by atoms with Crippen LogP contribution in [0.4, 0.5) is 16.5 Å². The number of anilines is 2. The Hall–Kier alpha value is -2.74. The Kier molecular flexibility index (Phi) is 4.07. The van der Waals surface area contributed by atoms with Crippen LogP contribution in [-0.4, -0.2) is 19.7 Å². The van der Waals surface area contributed by atoms with Crippen molar-refractivity contribution in [2.24, 2.45) is 0 Å². The second-order valence-electron chi connectivity index (χ2n) is 5.07. The van der Waals surface area contributed by atoms with Crippen LogP contribution >= 0.6 is 11.3 Å². The maximum Gasteiger partial charge on any atom is 0.312 e. The van der Waals surface area contributed by atoms with Gasteiger partial charge in [-0.05, 0) is 26.0 Å². The van der Waals surface area contributed by atoms with E-state index in [0.29, 0.717) is 17.9 Å². The molecule has 0 spiro atoms. The zero-order valence-corrected chi connectivity index (χ0v) is 13.5. The van der Waals surface area contributed by atoms with E-state index >= 15 is 0 Å². The maximum absolute atomic E-state index is 11.0. The first-order valence-electron chi connectivity index (χ1n) is 6.99. The summed E-state index contributed by atoms with van der Waals surface area (Å²) in [6.07, 6.45) is 0. The average molecular weight is 329 g/mol. The van der Waals surface area contributed by atoms with E-state index in [1.165, 1.54) is 11.3 Å². The van der Waals surface area contributed by atoms with Crippen molar-refractivity contribution in [2.75, 3.05) is 5.32 Å². The summed E-state index contributed by atoms with van der Waals surface area (Å²) in [4.78, 5) is 15.2. The summed E-state index contributed by atoms with van der Waals surface area (Å²) in [6.45, 7) is 3.76. The van der Waals surface area contributed by atoms with Crippen molar-refractivity contribution in [3.8, 4) is 0 Å². The van der Waals surface area contributed by atoms with Crippen LogP contribution in [0.5, 0.6) is 0 Å². The normalized spacial score (nSPS) is 10.7. The smallest absolute Gasteiger partial charge is 0.312 e. The molecule has 0 atom stereocenters. The standard InChI is InChI=1S/C15H15N5O2S/c1-10-14(20(21)22)11(2)19(18-10)8-13-9-23-15(17-13)16-12-6-4-3-5-7-12/h3-7,9H,8H2,1-2H3,(H,16,17). The van der Waals surface area contributed by atoms with Gasteiger partial charge < -0.3 is 5.32 Å². The largest absolute Gasteiger partial charge is 0.332 e. The molecule has 2 heterocycles. The van der Waals surface area contributed by atoms with Crippen LogP contribution in [0.3, 0.4) is 0 Å². The molecule has 23 heavy (non-hydrogen) atoms. The number of hydrogen-bond acceptors (Lipinski definition) is 6. The summed E-state index contributed by atoms with van der Waals surface area (Å²) in [7, 11) is 0. The molecule has 8 heteroatoms. The Morgan fingerprint density at radius 1 is 1.30 bits per heavy atom. The van der Waals surface area contributed by atoms with Crippen LogP contribution in [0, 0.1) is 24.0 Å². The molecule has 0 aliphatic carbocycles. The first-order valence-corrected chi connectivity index (χ1v) is 7.87. The first kappa shape index (κ1) is 15.2. The predicted molar refractivity (Wildman–Crippen MR) is 89.3 cm³/mol. The van der Waals surface area contributed by atoms with E-state index in [4.69, 9.17) is 0 Å². The molecule has 0 aliphatic rings. The molecule has 3 rings (SSSR count). The minimum Gasteiger partial charge on any atom is -0.332 e. The van der Waals surface area contributed by atoms with Gasteiger partial charge in [0.1, 0.15) is 11.4 Å². The van der Waals surface area contributed by atoms with E-state index < -0.39 is 4.92 Å². The minimum absolute atomic E-state index is 0.0721. The van der Waals surface area contributed by atoms with Crippen molar-refractivity contribution in [1.82, 2.24) is 14.8 Å². The molecule has 1 aromatic carbocycles. The van der Waals surface area contributed by atoms with Crippen molar-refractivity contribution in [2.45, 2.75) is 20.4 Å². The van der Waals surface area contributed by atoms with Gasteiger partial charge in [0.15, 0.2) is 5.13 Å². The van der Waals surface area contributed by atoms with Gasteiger partial charge in [-0.15, -0.1) is 11.3 Å². The third kappa shape index (κ3) is 3.21. The van der Waals surface area contributed by atoms with E-state index in [2.05, 4.69) is 15.4 Å². The number of hydrogen-bond donors (Lipinski definition) is 1. The lowest BCUT2D eigenvalue weighted by molar-refractivity contribution is -0.386. The summed E-state index contributed by atoms with van der Waals surface area (Å²) < 4.78 is 1.62. The van der Waals surface area contributed by atoms with Crippen molar-refractivity contribution >= 4 is 27.8 Å². The van der Waals surface area contributed by atoms with Gasteiger partial charge in [-0.1, -0.05) is 18.2 Å². The Labute approximate surface area is 136 Å². The second kappa shape index (κ2) is 6.17. The molecule has 1 N–H and O–H groups in total. The fourth-order valence-corrected chi connectivity index (χ4v) is 3.06. The lowest BCUT2D eigenvalue weighted by Gasteiger charge is -2.02. The lowest BCUT2D eigenvalue weighted by Crippen LogP contribution is -2.05. The number of nitrogens with zero attached hydrogens (tertiary/aromatic N) is 4. The molecule has 3 aromatic rings. The molecule has 7 nitrogen and oxygen atoms in total. The fraction of sp³-hybridized carbons (Fsp3) is 0.200. The number of aryl methyl sites for hydroxylation is 1. The van der Waals surface area contributed by atoms with Gasteiger partial charge in [-0.2, -0.15) is 5.10 Å². The Morgan fingerprint density at radius 3 is 2.70 bits per heavy atom. The number of rotatable bonds is 5. The Bertz CT molecular complexity index is 841. The molecule has 0 fully saturated rings. The average Bonchev–Trinajstić information content (AvgIpc) is 3.05. The molecule has 0 aliphatic heterocycles. The molecule has 0 amide bonds. The summed E-state index contributed by atoms with van der Waals surface area (Å²) in [6, 6.07) is 9.78. The van der Waals surface area contributed by atoms with Crippen molar-refractivity contribution in [3.05, 3.63) is 62.9 Å². The third-order valence-electron chi connectivity index (χ3n) is 3.41.